The first-order valence-corrected chi connectivity index (χ1v) is 11.8. The molecule has 0 bridgehead atoms. The van der Waals surface area contributed by atoms with Gasteiger partial charge >= 0.3 is 12.2 Å². The number of hydrogen-bond donors (Lipinski definition) is 4. The van der Waals surface area contributed by atoms with E-state index in [1.54, 1.807) is 12.2 Å². The maximum atomic E-state index is 14.0. The van der Waals surface area contributed by atoms with Crippen LogP contribution < -0.4 is 21.1 Å². The van der Waals surface area contributed by atoms with Gasteiger partial charge in [-0.15, -0.1) is 0 Å². The second-order valence-electron chi connectivity index (χ2n) is 7.81. The summed E-state index contributed by atoms with van der Waals surface area (Å²) in [5.74, 6) is 0.502. The van der Waals surface area contributed by atoms with Gasteiger partial charge in [0.1, 0.15) is 11.6 Å². The van der Waals surface area contributed by atoms with Crippen LogP contribution in [0.15, 0.2) is 28.9 Å². The third kappa shape index (κ3) is 6.57. The van der Waals surface area contributed by atoms with E-state index in [9.17, 15) is 31.0 Å². The van der Waals surface area contributed by atoms with E-state index in [0.29, 0.717) is 6.07 Å². The van der Waals surface area contributed by atoms with Gasteiger partial charge in [0.15, 0.2) is 17.4 Å². The Balaban J connectivity index is 1.75. The van der Waals surface area contributed by atoms with Crippen LogP contribution in [0.25, 0.3) is 11.0 Å². The minimum Gasteiger partial charge on any atom is -0.455 e. The Kier molecular flexibility index (Phi) is 7.21. The number of aryl methyl sites for hydroxylation is 1. The molecule has 0 saturated heterocycles. The number of hydrogen-bond acceptors (Lipinski definition) is 6. The van der Waals surface area contributed by atoms with Crippen LogP contribution in [0.4, 0.5) is 38.4 Å². The van der Waals surface area contributed by atoms with E-state index in [0.717, 1.165) is 18.5 Å². The standard InChI is InChI=1S/C20H21F5N6O3S/c1-9(8-35(3,26)33)29-18-27-6-12(7-28-18)30-19(32)31-17(20(23,24)25)15-10(2)13-4-11(21)5-14(22)16(13)34-15/h4-7,9,17H,3,8H2,1-2H3,(H2,26,33)(H,27,28,29)(H2,30,31,32)/t9-,17?,35?/m1/s1. The second-order valence-corrected chi connectivity index (χ2v) is 9.88. The molecule has 1 aromatic carbocycles. The highest BCUT2D eigenvalue weighted by molar-refractivity contribution is 7.98. The number of halogens is 5. The molecule has 0 fully saturated rings. The SMILES string of the molecule is C=S(N)(=O)C[C@@H](C)Nc1ncc(NC(=O)NC(c2oc3c(F)cc(F)cc3c2C)C(F)(F)F)cn1. The molecule has 2 amide bonds. The number of rotatable bonds is 7. The number of nitrogens with one attached hydrogen (secondary N) is 3. The molecular weight excluding hydrogens is 499 g/mol. The highest BCUT2D eigenvalue weighted by Gasteiger charge is 2.45. The average molecular weight is 520 g/mol. The van der Waals surface area contributed by atoms with E-state index in [2.05, 4.69) is 26.5 Å². The summed E-state index contributed by atoms with van der Waals surface area (Å²) >= 11 is 0. The van der Waals surface area contributed by atoms with Crippen LogP contribution in [0.3, 0.4) is 0 Å². The predicted octanol–water partition coefficient (Wildman–Crippen LogP) is 3.63. The summed E-state index contributed by atoms with van der Waals surface area (Å²) < 4.78 is 85.3. The van der Waals surface area contributed by atoms with E-state index < -0.39 is 57.0 Å². The zero-order valence-corrected chi connectivity index (χ0v) is 19.2. The number of benzene rings is 1. The number of aromatic nitrogens is 2. The van der Waals surface area contributed by atoms with Gasteiger partial charge in [-0.3, -0.25) is 9.35 Å². The van der Waals surface area contributed by atoms with Crippen LogP contribution in [0.1, 0.15) is 24.3 Å². The van der Waals surface area contributed by atoms with Gasteiger partial charge in [0.2, 0.25) is 5.95 Å². The maximum Gasteiger partial charge on any atom is 0.416 e. The minimum atomic E-state index is -5.03. The largest absolute Gasteiger partial charge is 0.455 e. The average Bonchev–Trinajstić information content (AvgIpc) is 3.02. The second kappa shape index (κ2) is 9.65. The summed E-state index contributed by atoms with van der Waals surface area (Å²) in [6.45, 7) is 2.86. The lowest BCUT2D eigenvalue weighted by molar-refractivity contribution is -0.158. The summed E-state index contributed by atoms with van der Waals surface area (Å²) in [4.78, 5) is 20.1. The number of alkyl halides is 3. The van der Waals surface area contributed by atoms with E-state index in [1.165, 1.54) is 6.92 Å². The molecule has 0 spiro atoms. The lowest BCUT2D eigenvalue weighted by Gasteiger charge is -2.20. The fraction of sp³-hybridized carbons (Fsp3) is 0.300. The van der Waals surface area contributed by atoms with E-state index >= 15 is 0 Å². The number of amides is 2. The Morgan fingerprint density at radius 1 is 1.26 bits per heavy atom. The number of nitrogens with zero attached hydrogens (tertiary/aromatic N) is 2. The third-order valence-corrected chi connectivity index (χ3v) is 5.74. The number of fused-ring (bicyclic) bond motifs is 1. The lowest BCUT2D eigenvalue weighted by atomic mass is 10.1. The molecule has 15 heteroatoms. The number of urea groups is 1. The van der Waals surface area contributed by atoms with Gasteiger partial charge in [-0.05, 0) is 25.8 Å². The van der Waals surface area contributed by atoms with Crippen molar-refractivity contribution in [2.45, 2.75) is 32.1 Å². The van der Waals surface area contributed by atoms with E-state index in [4.69, 9.17) is 9.56 Å². The molecule has 0 aliphatic heterocycles. The first kappa shape index (κ1) is 26.2. The fourth-order valence-corrected chi connectivity index (χ4v) is 4.21. The third-order valence-electron chi connectivity index (χ3n) is 4.68. The van der Waals surface area contributed by atoms with Gasteiger partial charge in [0, 0.05) is 38.5 Å². The normalized spacial score (nSPS) is 15.3. The molecule has 3 atom stereocenters. The topological polar surface area (TPSA) is 135 Å². The molecule has 2 unspecified atom stereocenters. The van der Waals surface area contributed by atoms with Crippen LogP contribution in [0, 0.1) is 18.6 Å². The highest BCUT2D eigenvalue weighted by Crippen LogP contribution is 2.39. The number of nitrogens with two attached hydrogens (primary N) is 1. The number of furan rings is 1. The molecule has 3 aromatic rings. The van der Waals surface area contributed by atoms with Crippen molar-refractivity contribution in [3.8, 4) is 0 Å². The maximum absolute atomic E-state index is 14.0. The first-order chi connectivity index (χ1) is 16.1. The Bertz CT molecular complexity index is 1340. The van der Waals surface area contributed by atoms with Crippen LogP contribution in [0.5, 0.6) is 0 Å². The predicted molar refractivity (Wildman–Crippen MR) is 121 cm³/mol. The smallest absolute Gasteiger partial charge is 0.416 e. The van der Waals surface area contributed by atoms with Crippen molar-refractivity contribution >= 4 is 44.2 Å². The molecule has 0 aliphatic carbocycles. The van der Waals surface area contributed by atoms with Gasteiger partial charge in [0.05, 0.1) is 18.1 Å². The Hall–Kier alpha value is -3.46. The molecule has 0 radical (unpaired) electrons. The number of anilines is 2. The van der Waals surface area contributed by atoms with Crippen molar-refractivity contribution in [3.05, 3.63) is 47.5 Å². The molecule has 2 aromatic heterocycles. The summed E-state index contributed by atoms with van der Waals surface area (Å²) in [5.41, 5.74) is -0.793. The zero-order valence-electron chi connectivity index (χ0n) is 18.4. The van der Waals surface area contributed by atoms with Gasteiger partial charge in [-0.2, -0.15) is 13.2 Å². The summed E-state index contributed by atoms with van der Waals surface area (Å²) in [7, 11) is -2.75. The summed E-state index contributed by atoms with van der Waals surface area (Å²) in [6, 6.07) is -3.02. The monoisotopic (exact) mass is 520 g/mol. The molecule has 5 N–H and O–H groups in total. The van der Waals surface area contributed by atoms with Gasteiger partial charge < -0.3 is 20.4 Å². The van der Waals surface area contributed by atoms with Crippen LogP contribution in [0.2, 0.25) is 0 Å². The van der Waals surface area contributed by atoms with Crippen LogP contribution in [-0.4, -0.2) is 44.0 Å². The van der Waals surface area contributed by atoms with Gasteiger partial charge in [0.25, 0.3) is 0 Å². The first-order valence-electron chi connectivity index (χ1n) is 9.87. The molecule has 3 rings (SSSR count). The Morgan fingerprint density at radius 3 is 2.46 bits per heavy atom. The van der Waals surface area contributed by atoms with Crippen molar-refractivity contribution in [2.24, 2.45) is 5.14 Å². The quantitative estimate of drug-likeness (QED) is 0.278. The van der Waals surface area contributed by atoms with Crippen molar-refractivity contribution in [2.75, 3.05) is 16.4 Å². The van der Waals surface area contributed by atoms with Crippen molar-refractivity contribution < 1.29 is 35.4 Å². The minimum absolute atomic E-state index is 0.0370. The van der Waals surface area contributed by atoms with Crippen molar-refractivity contribution in [1.82, 2.24) is 15.3 Å². The van der Waals surface area contributed by atoms with Crippen LogP contribution in [-0.2, 0) is 9.71 Å². The van der Waals surface area contributed by atoms with Gasteiger partial charge in [-0.25, -0.2) is 23.5 Å². The molecule has 35 heavy (non-hydrogen) atoms. The molecule has 9 nitrogen and oxygen atoms in total. The van der Waals surface area contributed by atoms with E-state index in [-0.39, 0.29) is 28.3 Å². The number of carbonyl (C=O) groups excluding carboxylic acids is 1. The lowest BCUT2D eigenvalue weighted by Crippen LogP contribution is -2.40. The summed E-state index contributed by atoms with van der Waals surface area (Å²) in [5, 5.41) is 11.9. The van der Waals surface area contributed by atoms with Gasteiger partial charge in [-0.1, -0.05) is 0 Å². The molecule has 2 heterocycles. The zero-order chi connectivity index (χ0) is 26.1. The summed E-state index contributed by atoms with van der Waals surface area (Å²) in [6.07, 6.45) is -2.78. The van der Waals surface area contributed by atoms with Crippen molar-refractivity contribution in [1.29, 1.82) is 0 Å². The molecule has 190 valence electrons. The highest BCUT2D eigenvalue weighted by atomic mass is 32.2. The van der Waals surface area contributed by atoms with Crippen molar-refractivity contribution in [3.63, 3.8) is 0 Å². The Labute approximate surface area is 196 Å². The van der Waals surface area contributed by atoms with Crippen LogP contribution >= 0.6 is 0 Å². The molecular formula is C20H21F5N6O3S. The van der Waals surface area contributed by atoms with E-state index in [1.807, 2.05) is 0 Å². The molecule has 0 aliphatic rings. The fourth-order valence-electron chi connectivity index (χ4n) is 3.28. The number of carbonyl (C=O) groups is 1. The molecule has 0 saturated carbocycles. The Morgan fingerprint density at radius 2 is 1.89 bits per heavy atom.